The molecule has 266 valence electrons. The van der Waals surface area contributed by atoms with E-state index in [4.69, 9.17) is 0 Å². The van der Waals surface area contributed by atoms with Crippen LogP contribution in [0.15, 0.2) is 206 Å². The number of hydrogen-bond donors (Lipinski definition) is 0. The van der Waals surface area contributed by atoms with Gasteiger partial charge in [0.2, 0.25) is 0 Å². The zero-order chi connectivity index (χ0) is 37.6. The smallest absolute Gasteiger partial charge is 0.0561 e. The highest BCUT2D eigenvalue weighted by Crippen LogP contribution is 2.41. The highest BCUT2D eigenvalue weighted by Gasteiger charge is 2.18. The van der Waals surface area contributed by atoms with Crippen molar-refractivity contribution in [2.24, 2.45) is 0 Å². The normalized spacial score (nSPS) is 11.4. The summed E-state index contributed by atoms with van der Waals surface area (Å²) in [5.74, 6) is 0. The maximum Gasteiger partial charge on any atom is 0.0561 e. The van der Waals surface area contributed by atoms with Gasteiger partial charge in [0.25, 0.3) is 0 Å². The van der Waals surface area contributed by atoms with Crippen molar-refractivity contribution in [3.8, 4) is 39.1 Å². The Kier molecular flexibility index (Phi) is 8.30. The maximum absolute atomic E-state index is 2.39. The average molecular weight is 717 g/mol. The van der Waals surface area contributed by atoms with E-state index in [1.165, 1.54) is 77.1 Å². The zero-order valence-electron chi connectivity index (χ0n) is 31.5. The third-order valence-electron chi connectivity index (χ3n) is 11.3. The van der Waals surface area contributed by atoms with E-state index in [2.05, 4.69) is 230 Å². The Morgan fingerprint density at radius 2 is 0.929 bits per heavy atom. The fourth-order valence-corrected chi connectivity index (χ4v) is 8.48. The Balaban J connectivity index is 1.10. The molecule has 0 N–H and O–H groups in total. The van der Waals surface area contributed by atoms with Crippen molar-refractivity contribution in [2.75, 3.05) is 4.90 Å². The van der Waals surface area contributed by atoms with Crippen molar-refractivity contribution in [1.82, 2.24) is 4.57 Å². The molecule has 0 radical (unpaired) electrons. The molecular weight excluding hydrogens is 677 g/mol. The van der Waals surface area contributed by atoms with E-state index in [0.717, 1.165) is 22.7 Å². The highest BCUT2D eigenvalue weighted by molar-refractivity contribution is 6.10. The largest absolute Gasteiger partial charge is 0.310 e. The Morgan fingerprint density at radius 3 is 1.66 bits per heavy atom. The number of rotatable bonds is 7. The van der Waals surface area contributed by atoms with Crippen molar-refractivity contribution >= 4 is 49.6 Å². The molecule has 0 fully saturated rings. The lowest BCUT2D eigenvalue weighted by Gasteiger charge is -2.26. The first-order chi connectivity index (χ1) is 27.6. The van der Waals surface area contributed by atoms with Crippen LogP contribution in [0.4, 0.5) is 17.1 Å². The van der Waals surface area contributed by atoms with Gasteiger partial charge in [0, 0.05) is 33.5 Å². The molecule has 0 aliphatic heterocycles. The minimum atomic E-state index is 1.10. The Labute approximate surface area is 328 Å². The van der Waals surface area contributed by atoms with E-state index in [-0.39, 0.29) is 0 Å². The van der Waals surface area contributed by atoms with E-state index < -0.39 is 0 Å². The Hall–Kier alpha value is -7.16. The molecule has 0 bridgehead atoms. The van der Waals surface area contributed by atoms with Gasteiger partial charge in [-0.25, -0.2) is 0 Å². The number of hydrogen-bond acceptors (Lipinski definition) is 1. The molecule has 0 saturated carbocycles. The van der Waals surface area contributed by atoms with Crippen LogP contribution < -0.4 is 4.90 Å². The van der Waals surface area contributed by atoms with Crippen molar-refractivity contribution < 1.29 is 0 Å². The van der Waals surface area contributed by atoms with Gasteiger partial charge in [-0.05, 0) is 130 Å². The molecule has 56 heavy (non-hydrogen) atoms. The first kappa shape index (κ1) is 33.4. The van der Waals surface area contributed by atoms with Crippen LogP contribution in [0.25, 0.3) is 71.6 Å². The van der Waals surface area contributed by atoms with Crippen LogP contribution in [0.3, 0.4) is 0 Å². The molecule has 0 atom stereocenters. The fraction of sp³-hybridized carbons (Fsp3) is 0.0370. The summed E-state index contributed by atoms with van der Waals surface area (Å²) in [6, 6.07) is 75.0. The number of anilines is 3. The summed E-state index contributed by atoms with van der Waals surface area (Å²) in [4.78, 5) is 2.38. The van der Waals surface area contributed by atoms with Gasteiger partial charge in [-0.3, -0.25) is 0 Å². The van der Waals surface area contributed by atoms with Gasteiger partial charge >= 0.3 is 0 Å². The van der Waals surface area contributed by atoms with Crippen molar-refractivity contribution in [2.45, 2.75) is 13.8 Å². The van der Waals surface area contributed by atoms with E-state index in [1.54, 1.807) is 0 Å². The molecule has 9 aromatic carbocycles. The molecule has 2 nitrogen and oxygen atoms in total. The summed E-state index contributed by atoms with van der Waals surface area (Å²) in [6.45, 7) is 4.43. The minimum Gasteiger partial charge on any atom is -0.310 e. The Morgan fingerprint density at radius 1 is 0.357 bits per heavy atom. The van der Waals surface area contributed by atoms with Gasteiger partial charge in [-0.15, -0.1) is 0 Å². The first-order valence-electron chi connectivity index (χ1n) is 19.3. The predicted octanol–water partition coefficient (Wildman–Crippen LogP) is 15.0. The molecule has 0 amide bonds. The fourth-order valence-electron chi connectivity index (χ4n) is 8.48. The number of fused-ring (bicyclic) bond motifs is 4. The molecule has 2 heteroatoms. The second kappa shape index (κ2) is 13.9. The number of nitrogens with zero attached hydrogens (tertiary/aromatic N) is 2. The standard InChI is InChI=1S/C54H40N2/c1-37-23-24-43(35-51(37)50-21-12-17-42-16-11-13-38(2)54(42)50)41-27-31-46(32-28-41)55(45-29-25-40(26-30-45)39-14-5-3-6-15-39)47-33-34-49-48-20-9-10-22-52(48)56(53(49)36-47)44-18-7-4-8-19-44/h3-36H,1-2H3. The second-order valence-electron chi connectivity index (χ2n) is 14.7. The minimum absolute atomic E-state index is 1.10. The van der Waals surface area contributed by atoms with Crippen LogP contribution in [0.1, 0.15) is 11.1 Å². The summed E-state index contributed by atoms with van der Waals surface area (Å²) in [5.41, 5.74) is 16.7. The SMILES string of the molecule is Cc1ccc(-c2ccc(N(c3ccc(-c4ccccc4)cc3)c3ccc4c5ccccc5n(-c5ccccc5)c4c3)cc2)cc1-c1cccc2cccc(C)c12. The van der Waals surface area contributed by atoms with Gasteiger partial charge in [0.1, 0.15) is 0 Å². The number of aryl methyl sites for hydroxylation is 2. The van der Waals surface area contributed by atoms with Crippen molar-refractivity contribution in [3.05, 3.63) is 217 Å². The van der Waals surface area contributed by atoms with Gasteiger partial charge in [0.05, 0.1) is 11.0 Å². The summed E-state index contributed by atoms with van der Waals surface area (Å²) in [6.07, 6.45) is 0. The molecule has 0 unspecified atom stereocenters. The zero-order valence-corrected chi connectivity index (χ0v) is 31.5. The number of benzene rings is 9. The lowest BCUT2D eigenvalue weighted by molar-refractivity contribution is 1.18. The van der Waals surface area contributed by atoms with Crippen molar-refractivity contribution in [3.63, 3.8) is 0 Å². The lowest BCUT2D eigenvalue weighted by atomic mass is 9.90. The summed E-state index contributed by atoms with van der Waals surface area (Å²) >= 11 is 0. The molecule has 10 rings (SSSR count). The van der Waals surface area contributed by atoms with Gasteiger partial charge in [-0.1, -0.05) is 146 Å². The lowest BCUT2D eigenvalue weighted by Crippen LogP contribution is -2.10. The number of aromatic nitrogens is 1. The van der Waals surface area contributed by atoms with E-state index in [0.29, 0.717) is 0 Å². The molecule has 0 aliphatic rings. The molecule has 0 spiro atoms. The predicted molar refractivity (Wildman–Crippen MR) is 239 cm³/mol. The summed E-state index contributed by atoms with van der Waals surface area (Å²) < 4.78 is 2.39. The quantitative estimate of drug-likeness (QED) is 0.159. The van der Waals surface area contributed by atoms with Gasteiger partial charge < -0.3 is 9.47 Å². The van der Waals surface area contributed by atoms with Crippen LogP contribution in [-0.4, -0.2) is 4.57 Å². The van der Waals surface area contributed by atoms with Crippen molar-refractivity contribution in [1.29, 1.82) is 0 Å². The Bertz CT molecular complexity index is 3010. The van der Waals surface area contributed by atoms with E-state index in [1.807, 2.05) is 0 Å². The van der Waals surface area contributed by atoms with E-state index in [9.17, 15) is 0 Å². The topological polar surface area (TPSA) is 8.17 Å². The molecule has 0 aliphatic carbocycles. The highest BCUT2D eigenvalue weighted by atomic mass is 15.1. The van der Waals surface area contributed by atoms with Gasteiger partial charge in [-0.2, -0.15) is 0 Å². The van der Waals surface area contributed by atoms with Crippen LogP contribution in [0.2, 0.25) is 0 Å². The van der Waals surface area contributed by atoms with E-state index >= 15 is 0 Å². The van der Waals surface area contributed by atoms with Crippen LogP contribution >= 0.6 is 0 Å². The first-order valence-corrected chi connectivity index (χ1v) is 19.3. The van der Waals surface area contributed by atoms with Crippen LogP contribution in [0, 0.1) is 13.8 Å². The summed E-state index contributed by atoms with van der Waals surface area (Å²) in [5, 5.41) is 5.08. The maximum atomic E-state index is 2.39. The molecule has 1 heterocycles. The average Bonchev–Trinajstić information content (AvgIpc) is 3.59. The molecule has 10 aromatic rings. The monoisotopic (exact) mass is 716 g/mol. The third-order valence-corrected chi connectivity index (χ3v) is 11.3. The van der Waals surface area contributed by atoms with Crippen LogP contribution in [0.5, 0.6) is 0 Å². The van der Waals surface area contributed by atoms with Crippen LogP contribution in [-0.2, 0) is 0 Å². The molecule has 0 saturated heterocycles. The molecular formula is C54H40N2. The summed E-state index contributed by atoms with van der Waals surface area (Å²) in [7, 11) is 0. The second-order valence-corrected chi connectivity index (χ2v) is 14.7. The molecule has 1 aromatic heterocycles. The van der Waals surface area contributed by atoms with Gasteiger partial charge in [0.15, 0.2) is 0 Å². The third kappa shape index (κ3) is 5.84. The number of para-hydroxylation sites is 2.